The first kappa shape index (κ1) is 12.7. The average molecular weight is 332 g/mol. The van der Waals surface area contributed by atoms with E-state index in [2.05, 4.69) is 26.2 Å². The van der Waals surface area contributed by atoms with Gasteiger partial charge in [0.25, 0.3) is 0 Å². The summed E-state index contributed by atoms with van der Waals surface area (Å²) >= 11 is 4.46. The molecule has 7 nitrogen and oxygen atoms in total. The number of nitrogens with one attached hydrogen (secondary N) is 1. The minimum Gasteiger partial charge on any atom is -0.399 e. The fraction of sp³-hybridized carbons (Fsp3) is 0.111. The highest BCUT2D eigenvalue weighted by molar-refractivity contribution is 9.11. The molecule has 0 saturated carbocycles. The van der Waals surface area contributed by atoms with Crippen LogP contribution in [-0.4, -0.2) is 15.8 Å². The highest BCUT2D eigenvalue weighted by Gasteiger charge is 2.18. The second kappa shape index (κ2) is 4.86. The maximum absolute atomic E-state index is 10.9. The third-order valence-corrected chi connectivity index (χ3v) is 3.49. The van der Waals surface area contributed by atoms with Gasteiger partial charge in [-0.05, 0) is 22.0 Å². The number of hydrogen-bond donors (Lipinski definition) is 1. The number of furan rings is 1. The molecule has 0 aliphatic heterocycles. The van der Waals surface area contributed by atoms with Crippen molar-refractivity contribution in [3.8, 4) is 11.5 Å². The quantitative estimate of drug-likeness (QED) is 0.688. The van der Waals surface area contributed by atoms with E-state index in [4.69, 9.17) is 4.42 Å². The average Bonchev–Trinajstić information content (AvgIpc) is 2.83. The summed E-state index contributed by atoms with van der Waals surface area (Å²) in [4.78, 5) is 24.9. The van der Waals surface area contributed by atoms with Crippen LogP contribution >= 0.6 is 27.3 Å². The van der Waals surface area contributed by atoms with E-state index in [1.54, 1.807) is 0 Å². The van der Waals surface area contributed by atoms with E-state index < -0.39 is 4.92 Å². The highest BCUT2D eigenvalue weighted by Crippen LogP contribution is 2.37. The number of carbonyl (C=O) groups is 1. The van der Waals surface area contributed by atoms with Gasteiger partial charge < -0.3 is 9.73 Å². The Morgan fingerprint density at radius 1 is 1.61 bits per heavy atom. The summed E-state index contributed by atoms with van der Waals surface area (Å²) in [7, 11) is 0. The Morgan fingerprint density at radius 3 is 2.89 bits per heavy atom. The minimum absolute atomic E-state index is 0.242. The summed E-state index contributed by atoms with van der Waals surface area (Å²) in [5, 5.41) is 13.4. The van der Waals surface area contributed by atoms with Crippen LogP contribution in [0.1, 0.15) is 6.92 Å². The number of nitrogens with zero attached hydrogens (tertiary/aromatic N) is 2. The van der Waals surface area contributed by atoms with Gasteiger partial charge in [-0.15, -0.1) is 0 Å². The molecule has 0 bridgehead atoms. The molecule has 1 amide bonds. The van der Waals surface area contributed by atoms with Crippen LogP contribution in [0.2, 0.25) is 0 Å². The predicted molar refractivity (Wildman–Crippen MR) is 68.5 cm³/mol. The second-order valence-corrected chi connectivity index (χ2v) is 5.53. The highest BCUT2D eigenvalue weighted by atomic mass is 79.9. The van der Waals surface area contributed by atoms with Crippen LogP contribution in [0.15, 0.2) is 20.3 Å². The Bertz CT molecular complexity index is 621. The van der Waals surface area contributed by atoms with Gasteiger partial charge in [0.15, 0.2) is 10.9 Å². The van der Waals surface area contributed by atoms with Crippen molar-refractivity contribution >= 4 is 44.2 Å². The molecule has 2 aromatic rings. The van der Waals surface area contributed by atoms with Crippen molar-refractivity contribution in [3.63, 3.8) is 0 Å². The zero-order valence-electron chi connectivity index (χ0n) is 8.97. The summed E-state index contributed by atoms with van der Waals surface area (Å²) in [6.07, 6.45) is 0. The Hall–Kier alpha value is -1.74. The molecule has 1 N–H and O–H groups in total. The maximum atomic E-state index is 10.9. The van der Waals surface area contributed by atoms with Crippen LogP contribution in [0, 0.1) is 10.1 Å². The number of anilines is 1. The lowest BCUT2D eigenvalue weighted by Gasteiger charge is -1.92. The van der Waals surface area contributed by atoms with E-state index in [1.165, 1.54) is 30.4 Å². The van der Waals surface area contributed by atoms with Crippen molar-refractivity contribution in [3.05, 3.63) is 26.0 Å². The van der Waals surface area contributed by atoms with Gasteiger partial charge in [0.05, 0.1) is 6.07 Å². The lowest BCUT2D eigenvalue weighted by Crippen LogP contribution is -2.04. The van der Waals surface area contributed by atoms with Gasteiger partial charge in [0, 0.05) is 6.92 Å². The van der Waals surface area contributed by atoms with E-state index in [0.29, 0.717) is 14.6 Å². The zero-order chi connectivity index (χ0) is 13.3. The summed E-state index contributed by atoms with van der Waals surface area (Å²) in [5.74, 6) is -0.333. The number of nitro groups is 1. The number of rotatable bonds is 3. The monoisotopic (exact) mass is 331 g/mol. The molecule has 0 aromatic carbocycles. The number of hydrogen-bond acceptors (Lipinski definition) is 6. The molecule has 2 rings (SSSR count). The Morgan fingerprint density at radius 2 is 2.33 bits per heavy atom. The molecule has 0 aliphatic rings. The number of aromatic nitrogens is 1. The van der Waals surface area contributed by atoms with Crippen LogP contribution in [0.25, 0.3) is 11.5 Å². The summed E-state index contributed by atoms with van der Waals surface area (Å²) in [6.45, 7) is 1.37. The normalized spacial score (nSPS) is 10.3. The Balaban J connectivity index is 2.34. The van der Waals surface area contributed by atoms with E-state index >= 15 is 0 Å². The molecule has 0 radical (unpaired) electrons. The third-order valence-electron chi connectivity index (χ3n) is 1.87. The summed E-state index contributed by atoms with van der Waals surface area (Å²) < 4.78 is 5.65. The third kappa shape index (κ3) is 2.57. The largest absolute Gasteiger partial charge is 0.433 e. The molecule has 0 fully saturated rings. The topological polar surface area (TPSA) is 98.3 Å². The number of amides is 1. The summed E-state index contributed by atoms with van der Waals surface area (Å²) in [6, 6.07) is 2.70. The number of thiazole rings is 1. The van der Waals surface area contributed by atoms with Gasteiger partial charge in [0.2, 0.25) is 5.91 Å². The molecule has 2 aromatic heterocycles. The van der Waals surface area contributed by atoms with Gasteiger partial charge in [-0.2, -0.15) is 0 Å². The molecule has 9 heteroatoms. The SMILES string of the molecule is CC(=O)Nc1nc(-c2ccc([N+](=O)[O-])o2)c(Br)s1. The van der Waals surface area contributed by atoms with Crippen LogP contribution in [-0.2, 0) is 4.79 Å². The molecule has 0 atom stereocenters. The molecule has 0 saturated heterocycles. The molecule has 2 heterocycles. The van der Waals surface area contributed by atoms with Crippen molar-refractivity contribution < 1.29 is 14.1 Å². The molecule has 18 heavy (non-hydrogen) atoms. The standard InChI is InChI=1S/C9H6BrN3O4S/c1-4(14)11-9-12-7(8(10)18-9)5-2-3-6(17-5)13(15)16/h2-3H,1H3,(H,11,12,14). The van der Waals surface area contributed by atoms with Crippen molar-refractivity contribution in [2.75, 3.05) is 5.32 Å². The minimum atomic E-state index is -0.626. The van der Waals surface area contributed by atoms with Crippen LogP contribution in [0.4, 0.5) is 11.0 Å². The number of halogens is 1. The maximum Gasteiger partial charge on any atom is 0.433 e. The molecular formula is C9H6BrN3O4S. The van der Waals surface area contributed by atoms with Gasteiger partial charge in [0.1, 0.15) is 14.4 Å². The van der Waals surface area contributed by atoms with E-state index in [9.17, 15) is 14.9 Å². The first-order chi connectivity index (χ1) is 8.47. The van der Waals surface area contributed by atoms with Crippen molar-refractivity contribution in [2.45, 2.75) is 6.92 Å². The fourth-order valence-electron chi connectivity index (χ4n) is 1.21. The lowest BCUT2D eigenvalue weighted by molar-refractivity contribution is -0.401. The zero-order valence-corrected chi connectivity index (χ0v) is 11.4. The van der Waals surface area contributed by atoms with E-state index in [1.807, 2.05) is 0 Å². The fourth-order valence-corrected chi connectivity index (χ4v) is 2.70. The first-order valence-corrected chi connectivity index (χ1v) is 6.27. The van der Waals surface area contributed by atoms with Gasteiger partial charge in [-0.1, -0.05) is 11.3 Å². The van der Waals surface area contributed by atoms with Gasteiger partial charge in [-0.3, -0.25) is 14.9 Å². The molecule has 0 aliphatic carbocycles. The lowest BCUT2D eigenvalue weighted by atomic mass is 10.4. The van der Waals surface area contributed by atoms with Gasteiger partial charge in [-0.25, -0.2) is 4.98 Å². The smallest absolute Gasteiger partial charge is 0.399 e. The molecule has 0 spiro atoms. The molecular weight excluding hydrogens is 326 g/mol. The van der Waals surface area contributed by atoms with Crippen molar-refractivity contribution in [1.82, 2.24) is 4.98 Å². The Labute approximate surface area is 113 Å². The van der Waals surface area contributed by atoms with Gasteiger partial charge >= 0.3 is 5.88 Å². The second-order valence-electron chi connectivity index (χ2n) is 3.22. The van der Waals surface area contributed by atoms with Crippen LogP contribution < -0.4 is 5.32 Å². The molecule has 94 valence electrons. The predicted octanol–water partition coefficient (Wildman–Crippen LogP) is 3.03. The first-order valence-electron chi connectivity index (χ1n) is 4.66. The summed E-state index contributed by atoms with van der Waals surface area (Å²) in [5.41, 5.74) is 0.414. The van der Waals surface area contributed by atoms with Crippen LogP contribution in [0.3, 0.4) is 0 Å². The number of carbonyl (C=O) groups excluding carboxylic acids is 1. The van der Waals surface area contributed by atoms with Crippen molar-refractivity contribution in [1.29, 1.82) is 0 Å². The Kier molecular flexibility index (Phi) is 3.43. The van der Waals surface area contributed by atoms with E-state index in [0.717, 1.165) is 0 Å². The van der Waals surface area contributed by atoms with Crippen LogP contribution in [0.5, 0.6) is 0 Å². The van der Waals surface area contributed by atoms with Crippen molar-refractivity contribution in [2.24, 2.45) is 0 Å². The van der Waals surface area contributed by atoms with E-state index in [-0.39, 0.29) is 17.6 Å². The molecule has 0 unspecified atom stereocenters.